The fourth-order valence-corrected chi connectivity index (χ4v) is 2.13. The molecule has 0 radical (unpaired) electrons. The Kier molecular flexibility index (Phi) is 3.05. The standard InChI is InChI=1S/C13H12N4O4/c18-10-3-1-8(2-4-10)12(19)16-5-9(6-16)17-7-11(13(20)21)14-15-17/h1-4,7,9,18H,5-6H2,(H,20,21). The normalized spacial score (nSPS) is 14.8. The van der Waals surface area contributed by atoms with Gasteiger partial charge in [0, 0.05) is 18.7 Å². The monoisotopic (exact) mass is 288 g/mol. The van der Waals surface area contributed by atoms with Crippen LogP contribution < -0.4 is 0 Å². The average Bonchev–Trinajstić information content (AvgIpc) is 2.87. The molecule has 1 saturated heterocycles. The summed E-state index contributed by atoms with van der Waals surface area (Å²) >= 11 is 0. The number of aromatic carboxylic acids is 1. The van der Waals surface area contributed by atoms with Crippen molar-refractivity contribution in [1.29, 1.82) is 0 Å². The van der Waals surface area contributed by atoms with Crippen LogP contribution in [0.4, 0.5) is 0 Å². The first kappa shape index (κ1) is 13.1. The molecule has 0 bridgehead atoms. The Bertz CT molecular complexity index is 688. The van der Waals surface area contributed by atoms with Crippen LogP contribution in [0.3, 0.4) is 0 Å². The van der Waals surface area contributed by atoms with Crippen molar-refractivity contribution in [2.45, 2.75) is 6.04 Å². The number of phenolic OH excluding ortho intramolecular Hbond substituents is 1. The molecular weight excluding hydrogens is 276 g/mol. The summed E-state index contributed by atoms with van der Waals surface area (Å²) in [7, 11) is 0. The summed E-state index contributed by atoms with van der Waals surface area (Å²) in [6.45, 7) is 0.893. The molecule has 1 fully saturated rings. The number of likely N-dealkylation sites (tertiary alicyclic amines) is 1. The first-order valence-electron chi connectivity index (χ1n) is 6.28. The van der Waals surface area contributed by atoms with Gasteiger partial charge in [-0.15, -0.1) is 5.10 Å². The minimum absolute atomic E-state index is 0.0633. The smallest absolute Gasteiger partial charge is 0.358 e. The zero-order valence-corrected chi connectivity index (χ0v) is 10.9. The molecule has 1 aromatic heterocycles. The van der Waals surface area contributed by atoms with Gasteiger partial charge in [0.1, 0.15) is 5.75 Å². The fourth-order valence-electron chi connectivity index (χ4n) is 2.13. The minimum atomic E-state index is -1.13. The largest absolute Gasteiger partial charge is 0.508 e. The van der Waals surface area contributed by atoms with Crippen molar-refractivity contribution in [3.8, 4) is 5.75 Å². The van der Waals surface area contributed by atoms with E-state index < -0.39 is 5.97 Å². The lowest BCUT2D eigenvalue weighted by molar-refractivity contribution is 0.0497. The number of hydrogen-bond donors (Lipinski definition) is 2. The molecule has 108 valence electrons. The van der Waals surface area contributed by atoms with E-state index in [9.17, 15) is 14.7 Å². The molecule has 0 atom stereocenters. The number of aromatic hydroxyl groups is 1. The highest BCUT2D eigenvalue weighted by Crippen LogP contribution is 2.23. The molecule has 0 saturated carbocycles. The average molecular weight is 288 g/mol. The highest BCUT2D eigenvalue weighted by Gasteiger charge is 2.33. The number of amides is 1. The van der Waals surface area contributed by atoms with Crippen LogP contribution in [0.1, 0.15) is 26.9 Å². The van der Waals surface area contributed by atoms with Crippen LogP contribution in [-0.2, 0) is 0 Å². The van der Waals surface area contributed by atoms with Gasteiger partial charge in [-0.05, 0) is 24.3 Å². The summed E-state index contributed by atoms with van der Waals surface area (Å²) in [4.78, 5) is 24.5. The van der Waals surface area contributed by atoms with Gasteiger partial charge in [0.15, 0.2) is 5.69 Å². The predicted molar refractivity (Wildman–Crippen MR) is 70.0 cm³/mol. The van der Waals surface area contributed by atoms with Gasteiger partial charge >= 0.3 is 5.97 Å². The van der Waals surface area contributed by atoms with Crippen molar-refractivity contribution >= 4 is 11.9 Å². The third-order valence-corrected chi connectivity index (χ3v) is 3.37. The minimum Gasteiger partial charge on any atom is -0.508 e. The summed E-state index contributed by atoms with van der Waals surface area (Å²) in [5, 5.41) is 25.3. The number of carbonyl (C=O) groups excluding carboxylic acids is 1. The van der Waals surface area contributed by atoms with Crippen LogP contribution in [0.5, 0.6) is 5.75 Å². The Balaban J connectivity index is 1.63. The highest BCUT2D eigenvalue weighted by molar-refractivity contribution is 5.94. The Morgan fingerprint density at radius 2 is 1.86 bits per heavy atom. The van der Waals surface area contributed by atoms with Gasteiger partial charge in [-0.1, -0.05) is 5.21 Å². The number of carboxylic acid groups (broad SMARTS) is 1. The fraction of sp³-hybridized carbons (Fsp3) is 0.231. The molecular formula is C13H12N4O4. The first-order chi connectivity index (χ1) is 10.0. The maximum Gasteiger partial charge on any atom is 0.358 e. The van der Waals surface area contributed by atoms with Crippen LogP contribution in [0.25, 0.3) is 0 Å². The van der Waals surface area contributed by atoms with E-state index in [1.54, 1.807) is 17.0 Å². The van der Waals surface area contributed by atoms with Gasteiger partial charge in [-0.25, -0.2) is 9.48 Å². The van der Waals surface area contributed by atoms with Crippen LogP contribution in [0.15, 0.2) is 30.5 Å². The second-order valence-electron chi connectivity index (χ2n) is 4.80. The second-order valence-corrected chi connectivity index (χ2v) is 4.80. The van der Waals surface area contributed by atoms with E-state index in [0.29, 0.717) is 18.7 Å². The summed E-state index contributed by atoms with van der Waals surface area (Å²) in [6, 6.07) is 5.97. The van der Waals surface area contributed by atoms with Crippen LogP contribution in [0, 0.1) is 0 Å². The van der Waals surface area contributed by atoms with Gasteiger partial charge in [0.2, 0.25) is 0 Å². The van der Waals surface area contributed by atoms with Gasteiger partial charge in [-0.2, -0.15) is 0 Å². The van der Waals surface area contributed by atoms with Crippen molar-refractivity contribution in [3.05, 3.63) is 41.7 Å². The second kappa shape index (κ2) is 4.89. The molecule has 21 heavy (non-hydrogen) atoms. The number of nitrogens with zero attached hydrogens (tertiary/aromatic N) is 4. The van der Waals surface area contributed by atoms with E-state index in [4.69, 9.17) is 5.11 Å². The molecule has 1 aromatic carbocycles. The number of phenols is 1. The summed E-state index contributed by atoms with van der Waals surface area (Å²) < 4.78 is 1.46. The van der Waals surface area contributed by atoms with Crippen LogP contribution in [0.2, 0.25) is 0 Å². The van der Waals surface area contributed by atoms with E-state index in [1.807, 2.05) is 0 Å². The molecule has 0 spiro atoms. The Morgan fingerprint density at radius 1 is 1.19 bits per heavy atom. The van der Waals surface area contributed by atoms with E-state index >= 15 is 0 Å². The van der Waals surface area contributed by atoms with Gasteiger partial charge in [-0.3, -0.25) is 4.79 Å². The molecule has 3 rings (SSSR count). The Morgan fingerprint density at radius 3 is 2.43 bits per heavy atom. The Labute approximate surface area is 119 Å². The number of aromatic nitrogens is 3. The van der Waals surface area contributed by atoms with Gasteiger partial charge < -0.3 is 15.1 Å². The zero-order chi connectivity index (χ0) is 15.0. The Hall–Kier alpha value is -2.90. The van der Waals surface area contributed by atoms with Crippen LogP contribution >= 0.6 is 0 Å². The predicted octanol–water partition coefficient (Wildman–Crippen LogP) is 0.379. The molecule has 1 aliphatic rings. The molecule has 2 aromatic rings. The lowest BCUT2D eigenvalue weighted by Gasteiger charge is -2.38. The number of benzene rings is 1. The van der Waals surface area contributed by atoms with E-state index in [2.05, 4.69) is 10.3 Å². The maximum atomic E-state index is 12.1. The van der Waals surface area contributed by atoms with Crippen molar-refractivity contribution in [2.24, 2.45) is 0 Å². The number of hydrogen-bond acceptors (Lipinski definition) is 5. The first-order valence-corrected chi connectivity index (χ1v) is 6.28. The highest BCUT2D eigenvalue weighted by atomic mass is 16.4. The van der Waals surface area contributed by atoms with E-state index in [1.165, 1.54) is 23.0 Å². The molecule has 0 unspecified atom stereocenters. The molecule has 2 heterocycles. The lowest BCUT2D eigenvalue weighted by Crippen LogP contribution is -2.50. The summed E-state index contributed by atoms with van der Waals surface area (Å²) in [5.41, 5.74) is 0.384. The number of carboxylic acids is 1. The van der Waals surface area contributed by atoms with E-state index in [-0.39, 0.29) is 23.4 Å². The van der Waals surface area contributed by atoms with Gasteiger partial charge in [0.25, 0.3) is 5.91 Å². The van der Waals surface area contributed by atoms with Crippen molar-refractivity contribution in [1.82, 2.24) is 19.9 Å². The quantitative estimate of drug-likeness (QED) is 0.845. The third-order valence-electron chi connectivity index (χ3n) is 3.37. The molecule has 8 heteroatoms. The van der Waals surface area contributed by atoms with Crippen LogP contribution in [-0.4, -0.2) is 55.1 Å². The van der Waals surface area contributed by atoms with Crippen molar-refractivity contribution < 1.29 is 19.8 Å². The zero-order valence-electron chi connectivity index (χ0n) is 10.9. The molecule has 1 aliphatic heterocycles. The molecule has 0 aliphatic carbocycles. The number of carbonyl (C=O) groups is 2. The summed E-state index contributed by atoms with van der Waals surface area (Å²) in [5.74, 6) is -1.15. The molecule has 2 N–H and O–H groups in total. The number of rotatable bonds is 3. The lowest BCUT2D eigenvalue weighted by atomic mass is 10.1. The molecule has 1 amide bonds. The van der Waals surface area contributed by atoms with E-state index in [0.717, 1.165) is 0 Å². The molecule has 8 nitrogen and oxygen atoms in total. The topological polar surface area (TPSA) is 109 Å². The van der Waals surface area contributed by atoms with Crippen molar-refractivity contribution in [3.63, 3.8) is 0 Å². The maximum absolute atomic E-state index is 12.1. The third kappa shape index (κ3) is 2.42. The van der Waals surface area contributed by atoms with Gasteiger partial charge in [0.05, 0.1) is 12.2 Å². The SMILES string of the molecule is O=C(O)c1cn(C2CN(C(=O)c3ccc(O)cc3)C2)nn1. The summed E-state index contributed by atoms with van der Waals surface area (Å²) in [6.07, 6.45) is 1.36. The van der Waals surface area contributed by atoms with Crippen molar-refractivity contribution in [2.75, 3.05) is 13.1 Å².